The quantitative estimate of drug-likeness (QED) is 0.168. The van der Waals surface area contributed by atoms with E-state index in [0.717, 1.165) is 5.56 Å². The maximum Gasteiger partial charge on any atom is 0.410 e. The van der Waals surface area contributed by atoms with Crippen LogP contribution in [-0.2, 0) is 22.2 Å². The Labute approximate surface area is 282 Å². The minimum Gasteiger partial charge on any atom is -0.445 e. The first kappa shape index (κ1) is 36.3. The first-order valence-electron chi connectivity index (χ1n) is 15.2. The van der Waals surface area contributed by atoms with Crippen LogP contribution in [0.1, 0.15) is 38.3 Å². The first-order valence-corrected chi connectivity index (χ1v) is 16.4. The normalized spacial score (nSPS) is 16.6. The van der Waals surface area contributed by atoms with Gasteiger partial charge in [-0.2, -0.15) is 18.2 Å². The second-order valence-corrected chi connectivity index (χ2v) is 12.7. The maximum atomic E-state index is 15.2. The molecule has 0 radical (unpaired) electrons. The van der Waals surface area contributed by atoms with E-state index in [-0.39, 0.29) is 47.5 Å². The third-order valence-electron chi connectivity index (χ3n) is 7.70. The third-order valence-corrected chi connectivity index (χ3v) is 8.49. The molecule has 0 bridgehead atoms. The van der Waals surface area contributed by atoms with Crippen LogP contribution in [0, 0.1) is 11.6 Å². The highest BCUT2D eigenvalue weighted by Crippen LogP contribution is 2.31. The Morgan fingerprint density at radius 2 is 1.78 bits per heavy atom. The Morgan fingerprint density at radius 3 is 2.40 bits per heavy atom. The van der Waals surface area contributed by atoms with E-state index in [4.69, 9.17) is 4.74 Å². The molecule has 1 saturated heterocycles. The van der Waals surface area contributed by atoms with E-state index in [9.17, 15) is 35.6 Å². The zero-order valence-corrected chi connectivity index (χ0v) is 27.4. The van der Waals surface area contributed by atoms with Crippen molar-refractivity contribution >= 4 is 39.8 Å². The Bertz CT molecular complexity index is 1980. The lowest BCUT2D eigenvalue weighted by molar-refractivity contribution is -0.132. The van der Waals surface area contributed by atoms with E-state index in [1.807, 2.05) is 6.07 Å². The van der Waals surface area contributed by atoms with E-state index in [0.29, 0.717) is 12.1 Å². The number of nitrogens with zero attached hydrogens (tertiary/aromatic N) is 6. The highest BCUT2D eigenvalue weighted by molar-refractivity contribution is 7.74. The molecule has 0 aliphatic carbocycles. The average Bonchev–Trinajstić information content (AvgIpc) is 3.03. The smallest absolute Gasteiger partial charge is 0.410 e. The summed E-state index contributed by atoms with van der Waals surface area (Å²) in [5.74, 6) is -3.10. The zero-order chi connectivity index (χ0) is 36.3. The van der Waals surface area contributed by atoms with Gasteiger partial charge in [-0.3, -0.25) is 13.7 Å². The largest absolute Gasteiger partial charge is 0.445 e. The van der Waals surface area contributed by atoms with E-state index in [1.165, 1.54) is 15.7 Å². The highest BCUT2D eigenvalue weighted by atomic mass is 32.2. The van der Waals surface area contributed by atoms with Gasteiger partial charge in [-0.1, -0.05) is 30.3 Å². The topological polar surface area (TPSA) is 140 Å². The Morgan fingerprint density at radius 1 is 1.10 bits per heavy atom. The molecule has 1 fully saturated rings. The fraction of sp³-hybridized carbons (Fsp3) is 0.387. The van der Waals surface area contributed by atoms with Crippen LogP contribution in [0.3, 0.4) is 0 Å². The third kappa shape index (κ3) is 8.43. The molecule has 19 heteroatoms. The molecule has 2 aromatic heterocycles. The molecule has 1 aliphatic rings. The summed E-state index contributed by atoms with van der Waals surface area (Å²) in [5, 5.41) is 2.98. The van der Waals surface area contributed by atoms with Gasteiger partial charge in [-0.25, -0.2) is 36.4 Å². The minimum absolute atomic E-state index is 0.00598. The van der Waals surface area contributed by atoms with Crippen LogP contribution in [0.15, 0.2) is 53.5 Å². The number of halogens is 6. The number of thiol groups is 1. The molecule has 50 heavy (non-hydrogen) atoms. The number of nitrogens with one attached hydrogen (secondary N) is 1. The van der Waals surface area contributed by atoms with Crippen LogP contribution in [0.4, 0.5) is 42.8 Å². The fourth-order valence-electron chi connectivity index (χ4n) is 5.48. The van der Waals surface area contributed by atoms with Crippen molar-refractivity contribution < 1.29 is 44.3 Å². The van der Waals surface area contributed by atoms with Crippen molar-refractivity contribution in [3.63, 3.8) is 0 Å². The SMILES string of the molecule is CC(C)n1c(=O)c(-c2cc(F)c(N(CCC(F)(F)F)[SH](=O)=O)c(F)c2)nc2cnc(N[C@H]3C[C@H](F)CN(C(=O)OCc4ccccc4)C3)nc21. The minimum atomic E-state index is -4.80. The van der Waals surface area contributed by atoms with Gasteiger partial charge in [0.05, 0.1) is 19.2 Å². The van der Waals surface area contributed by atoms with Crippen molar-refractivity contribution in [3.8, 4) is 11.3 Å². The van der Waals surface area contributed by atoms with Crippen molar-refractivity contribution in [3.05, 3.63) is 76.2 Å². The van der Waals surface area contributed by atoms with E-state index in [2.05, 4.69) is 20.3 Å². The summed E-state index contributed by atoms with van der Waals surface area (Å²) in [6.45, 7) is 1.88. The number of likely N-dealkylation sites (tertiary alicyclic amines) is 1. The van der Waals surface area contributed by atoms with Gasteiger partial charge >= 0.3 is 12.3 Å². The number of ether oxygens (including phenoxy) is 1. The second kappa shape index (κ2) is 14.9. The van der Waals surface area contributed by atoms with Gasteiger partial charge in [0.2, 0.25) is 16.8 Å². The molecule has 0 spiro atoms. The van der Waals surface area contributed by atoms with Gasteiger partial charge in [-0.05, 0) is 31.5 Å². The number of benzene rings is 2. The van der Waals surface area contributed by atoms with Crippen molar-refractivity contribution in [2.45, 2.75) is 57.7 Å². The molecular weight excluding hydrogens is 696 g/mol. The van der Waals surface area contributed by atoms with E-state index in [1.54, 1.807) is 38.1 Å². The summed E-state index contributed by atoms with van der Waals surface area (Å²) < 4.78 is 113. The highest BCUT2D eigenvalue weighted by Gasteiger charge is 2.33. The van der Waals surface area contributed by atoms with Gasteiger partial charge in [0.15, 0.2) is 17.3 Å². The number of amides is 1. The standard InChI is InChI=1S/C31H31F6N7O5S/c1-17(2)44-27-24(40-25(28(44)45)19-10-22(33)26(23(34)11-19)43(50(47)48)9-8-31(35,36)37)13-38-29(41-27)39-21-12-20(32)14-42(15-21)30(46)49-16-18-6-4-3-5-7-18/h3-7,10-11,13,17,20-21,50H,8-9,12,14-16H2,1-2H3,(H,38,39,41)/t20-,21-/m0/s1. The van der Waals surface area contributed by atoms with Crippen molar-refractivity contribution in [1.82, 2.24) is 24.4 Å². The Hall–Kier alpha value is -4.94. The van der Waals surface area contributed by atoms with Crippen LogP contribution in [0.5, 0.6) is 0 Å². The number of alkyl halides is 4. The Kier molecular flexibility index (Phi) is 10.8. The predicted octanol–water partition coefficient (Wildman–Crippen LogP) is 5.16. The van der Waals surface area contributed by atoms with E-state index >= 15 is 8.78 Å². The number of carbonyl (C=O) groups excluding carboxylic acids is 1. The van der Waals surface area contributed by atoms with Crippen molar-refractivity contribution in [2.24, 2.45) is 0 Å². The lowest BCUT2D eigenvalue weighted by Crippen LogP contribution is -2.50. The number of piperidine rings is 1. The summed E-state index contributed by atoms with van der Waals surface area (Å²) in [6, 6.07) is 8.93. The molecule has 1 aliphatic heterocycles. The van der Waals surface area contributed by atoms with Crippen LogP contribution >= 0.6 is 0 Å². The van der Waals surface area contributed by atoms with Crippen molar-refractivity contribution in [2.75, 3.05) is 29.3 Å². The summed E-state index contributed by atoms with van der Waals surface area (Å²) in [4.78, 5) is 40.4. The molecule has 4 aromatic rings. The number of anilines is 2. The van der Waals surface area contributed by atoms with Crippen molar-refractivity contribution in [1.29, 1.82) is 0 Å². The molecule has 1 N–H and O–H groups in total. The second-order valence-electron chi connectivity index (χ2n) is 11.8. The number of aromatic nitrogens is 4. The van der Waals surface area contributed by atoms with Gasteiger partial charge in [0, 0.05) is 37.2 Å². The van der Waals surface area contributed by atoms with Crippen LogP contribution in [0.2, 0.25) is 0 Å². The molecule has 0 saturated carbocycles. The zero-order valence-electron chi connectivity index (χ0n) is 26.5. The van der Waals surface area contributed by atoms with Gasteiger partial charge in [0.1, 0.15) is 29.7 Å². The molecule has 3 heterocycles. The van der Waals surface area contributed by atoms with Crippen LogP contribution in [-0.4, -0.2) is 77.0 Å². The monoisotopic (exact) mass is 727 g/mol. The molecule has 12 nitrogen and oxygen atoms in total. The van der Waals surface area contributed by atoms with Gasteiger partial charge in [-0.15, -0.1) is 0 Å². The van der Waals surface area contributed by atoms with Gasteiger partial charge < -0.3 is 15.0 Å². The van der Waals surface area contributed by atoms with Gasteiger partial charge in [0.25, 0.3) is 5.56 Å². The molecule has 5 rings (SSSR count). The molecule has 2 aromatic carbocycles. The maximum absolute atomic E-state index is 15.2. The molecule has 2 atom stereocenters. The first-order chi connectivity index (χ1) is 23.6. The fourth-order valence-corrected chi connectivity index (χ4v) is 6.10. The number of hydrogen-bond donors (Lipinski definition) is 2. The molecule has 0 unspecified atom stereocenters. The van der Waals surface area contributed by atoms with Crippen LogP contribution in [0.25, 0.3) is 22.4 Å². The molecule has 268 valence electrons. The lowest BCUT2D eigenvalue weighted by atomic mass is 10.0. The number of fused-ring (bicyclic) bond motifs is 1. The summed E-state index contributed by atoms with van der Waals surface area (Å²) in [6.07, 6.45) is -7.32. The van der Waals surface area contributed by atoms with Crippen LogP contribution < -0.4 is 15.2 Å². The number of hydrogen-bond acceptors (Lipinski definition) is 9. The predicted molar refractivity (Wildman–Crippen MR) is 171 cm³/mol. The summed E-state index contributed by atoms with van der Waals surface area (Å²) >= 11 is 0. The van der Waals surface area contributed by atoms with E-state index < -0.39 is 88.5 Å². The molecule has 1 amide bonds. The molecular formula is C31H31F6N7O5S. The lowest BCUT2D eigenvalue weighted by Gasteiger charge is -2.34. The summed E-state index contributed by atoms with van der Waals surface area (Å²) in [5.41, 5.74) is -2.18. The number of carbonyl (C=O) groups is 1. The average molecular weight is 728 g/mol. The number of rotatable bonds is 10. The summed E-state index contributed by atoms with van der Waals surface area (Å²) in [7, 11) is -3.86. The Balaban J connectivity index is 1.41.